The van der Waals surface area contributed by atoms with Gasteiger partial charge in [0.25, 0.3) is 0 Å². The molecule has 1 aliphatic rings. The van der Waals surface area contributed by atoms with Gasteiger partial charge in [-0.2, -0.15) is 0 Å². The molecule has 0 spiro atoms. The highest BCUT2D eigenvalue weighted by Crippen LogP contribution is 2.38. The van der Waals surface area contributed by atoms with E-state index in [9.17, 15) is 0 Å². The predicted molar refractivity (Wildman–Crippen MR) is 42.3 cm³/mol. The molecule has 2 heteroatoms. The molecule has 50 valence electrons. The second kappa shape index (κ2) is 1.69. The van der Waals surface area contributed by atoms with E-state index in [1.165, 1.54) is 11.3 Å². The van der Waals surface area contributed by atoms with Gasteiger partial charge >= 0.3 is 0 Å². The number of H-pyrrole nitrogens is 1. The van der Waals surface area contributed by atoms with Crippen LogP contribution >= 0.6 is 0 Å². The number of aromatic amines is 1. The van der Waals surface area contributed by atoms with Crippen LogP contribution in [0.2, 0.25) is 5.31 Å². The maximum absolute atomic E-state index is 5.95. The molecule has 1 heterocycles. The normalized spacial score (nSPS) is 30.5. The first kappa shape index (κ1) is 6.08. The van der Waals surface area contributed by atoms with Crippen LogP contribution in [0.1, 0.15) is 18.2 Å². The van der Waals surface area contributed by atoms with Gasteiger partial charge in [-0.3, -0.25) is 0 Å². The van der Waals surface area contributed by atoms with Crippen molar-refractivity contribution < 1.29 is 0 Å². The molecular formula is C8H10BN. The molecule has 1 atom stereocenters. The van der Waals surface area contributed by atoms with Gasteiger partial charge in [0, 0.05) is 11.9 Å². The standard InChI is InChI=1S/C8H10BN/c1-8(9)4-6-2-3-10-7(6)5-8/h2-3,10H,4-5H2,1H3. The van der Waals surface area contributed by atoms with E-state index in [1.54, 1.807) is 0 Å². The molecule has 1 unspecified atom stereocenters. The maximum atomic E-state index is 5.95. The Morgan fingerprint density at radius 1 is 1.60 bits per heavy atom. The first-order chi connectivity index (χ1) is 4.67. The highest BCUT2D eigenvalue weighted by molar-refractivity contribution is 6.15. The lowest BCUT2D eigenvalue weighted by Gasteiger charge is -2.15. The summed E-state index contributed by atoms with van der Waals surface area (Å²) in [5.41, 5.74) is 2.72. The monoisotopic (exact) mass is 131 g/mol. The first-order valence-electron chi connectivity index (χ1n) is 3.61. The fraction of sp³-hybridized carbons (Fsp3) is 0.500. The van der Waals surface area contributed by atoms with Crippen molar-refractivity contribution >= 4 is 7.85 Å². The average molecular weight is 131 g/mol. The van der Waals surface area contributed by atoms with Crippen molar-refractivity contribution in [2.75, 3.05) is 0 Å². The molecular weight excluding hydrogens is 121 g/mol. The zero-order valence-electron chi connectivity index (χ0n) is 6.15. The van der Waals surface area contributed by atoms with Gasteiger partial charge in [-0.25, -0.2) is 0 Å². The van der Waals surface area contributed by atoms with Gasteiger partial charge in [0.15, 0.2) is 0 Å². The Bertz CT molecular complexity index is 227. The molecule has 1 aromatic rings. The van der Waals surface area contributed by atoms with Gasteiger partial charge in [-0.1, -0.05) is 12.2 Å². The van der Waals surface area contributed by atoms with Gasteiger partial charge in [0.05, 0.1) is 7.85 Å². The number of hydrogen-bond donors (Lipinski definition) is 1. The summed E-state index contributed by atoms with van der Waals surface area (Å²) in [4.78, 5) is 3.19. The first-order valence-corrected chi connectivity index (χ1v) is 3.61. The van der Waals surface area contributed by atoms with Crippen LogP contribution in [0.3, 0.4) is 0 Å². The number of nitrogens with one attached hydrogen (secondary N) is 1. The third-order valence-corrected chi connectivity index (χ3v) is 2.10. The van der Waals surface area contributed by atoms with Crippen LogP contribution in [-0.2, 0) is 12.8 Å². The third-order valence-electron chi connectivity index (χ3n) is 2.10. The highest BCUT2D eigenvalue weighted by Gasteiger charge is 2.27. The van der Waals surface area contributed by atoms with Crippen LogP contribution in [0.25, 0.3) is 0 Å². The van der Waals surface area contributed by atoms with E-state index in [0.717, 1.165) is 12.8 Å². The smallest absolute Gasteiger partial charge is 0.0752 e. The van der Waals surface area contributed by atoms with Gasteiger partial charge in [-0.15, -0.1) is 0 Å². The zero-order valence-corrected chi connectivity index (χ0v) is 6.15. The van der Waals surface area contributed by atoms with E-state index in [-0.39, 0.29) is 5.31 Å². The van der Waals surface area contributed by atoms with Crippen molar-refractivity contribution in [3.8, 4) is 0 Å². The fourth-order valence-corrected chi connectivity index (χ4v) is 1.67. The molecule has 1 aromatic heterocycles. The van der Waals surface area contributed by atoms with Gasteiger partial charge < -0.3 is 4.98 Å². The third kappa shape index (κ3) is 0.790. The molecule has 0 fully saturated rings. The Labute approximate surface area is 62.2 Å². The lowest BCUT2D eigenvalue weighted by molar-refractivity contribution is 0.650. The lowest BCUT2D eigenvalue weighted by atomic mass is 9.69. The Balaban J connectivity index is 2.37. The molecule has 10 heavy (non-hydrogen) atoms. The molecule has 0 aromatic carbocycles. The van der Waals surface area contributed by atoms with E-state index in [0.29, 0.717) is 0 Å². The second-order valence-electron chi connectivity index (χ2n) is 3.49. The van der Waals surface area contributed by atoms with E-state index in [1.807, 2.05) is 6.20 Å². The Hall–Kier alpha value is -0.655. The Morgan fingerprint density at radius 2 is 2.40 bits per heavy atom. The quantitative estimate of drug-likeness (QED) is 0.513. The highest BCUT2D eigenvalue weighted by atomic mass is 14.7. The van der Waals surface area contributed by atoms with Crippen molar-refractivity contribution in [1.82, 2.24) is 4.98 Å². The molecule has 2 rings (SSSR count). The fourth-order valence-electron chi connectivity index (χ4n) is 1.67. The minimum atomic E-state index is 0.00241. The van der Waals surface area contributed by atoms with Gasteiger partial charge in [0.1, 0.15) is 0 Å². The summed E-state index contributed by atoms with van der Waals surface area (Å²) in [7, 11) is 5.95. The molecule has 2 radical (unpaired) electrons. The zero-order chi connectivity index (χ0) is 7.19. The molecule has 0 amide bonds. The van der Waals surface area contributed by atoms with Crippen LogP contribution in [0, 0.1) is 0 Å². The molecule has 0 aliphatic heterocycles. The lowest BCUT2D eigenvalue weighted by Crippen LogP contribution is -2.07. The predicted octanol–water partition coefficient (Wildman–Crippen LogP) is 1.46. The molecule has 1 aliphatic carbocycles. The summed E-state index contributed by atoms with van der Waals surface area (Å²) in [5.74, 6) is 0. The summed E-state index contributed by atoms with van der Waals surface area (Å²) >= 11 is 0. The van der Waals surface area contributed by atoms with Crippen LogP contribution in [-0.4, -0.2) is 12.8 Å². The molecule has 0 saturated heterocycles. The largest absolute Gasteiger partial charge is 0.365 e. The SMILES string of the molecule is [B]C1(C)Cc2cc[nH]c2C1. The van der Waals surface area contributed by atoms with Crippen molar-refractivity contribution in [2.45, 2.75) is 25.1 Å². The average Bonchev–Trinajstić information content (AvgIpc) is 2.20. The van der Waals surface area contributed by atoms with E-state index >= 15 is 0 Å². The second-order valence-corrected chi connectivity index (χ2v) is 3.49. The number of rotatable bonds is 0. The molecule has 0 saturated carbocycles. The minimum Gasteiger partial charge on any atom is -0.365 e. The Kier molecular flexibility index (Phi) is 1.02. The summed E-state index contributed by atoms with van der Waals surface area (Å²) in [6, 6.07) is 2.12. The summed E-state index contributed by atoms with van der Waals surface area (Å²) in [6.45, 7) is 2.10. The topological polar surface area (TPSA) is 15.8 Å². The molecule has 0 bridgehead atoms. The van der Waals surface area contributed by atoms with Crippen molar-refractivity contribution in [3.05, 3.63) is 23.5 Å². The van der Waals surface area contributed by atoms with Crippen LogP contribution in [0.5, 0.6) is 0 Å². The van der Waals surface area contributed by atoms with Gasteiger partial charge in [-0.05, 0) is 24.5 Å². The molecule has 1 nitrogen and oxygen atoms in total. The number of hydrogen-bond acceptors (Lipinski definition) is 0. The van der Waals surface area contributed by atoms with Crippen molar-refractivity contribution in [3.63, 3.8) is 0 Å². The summed E-state index contributed by atoms with van der Waals surface area (Å²) in [6.07, 6.45) is 4.00. The van der Waals surface area contributed by atoms with E-state index < -0.39 is 0 Å². The molecule has 1 N–H and O–H groups in total. The number of fused-ring (bicyclic) bond motifs is 1. The Morgan fingerprint density at radius 3 is 3.10 bits per heavy atom. The van der Waals surface area contributed by atoms with Crippen molar-refractivity contribution in [1.29, 1.82) is 0 Å². The van der Waals surface area contributed by atoms with Crippen LogP contribution in [0.4, 0.5) is 0 Å². The van der Waals surface area contributed by atoms with E-state index in [4.69, 9.17) is 7.85 Å². The van der Waals surface area contributed by atoms with Crippen molar-refractivity contribution in [2.24, 2.45) is 0 Å². The van der Waals surface area contributed by atoms with Gasteiger partial charge in [0.2, 0.25) is 0 Å². The minimum absolute atomic E-state index is 0.00241. The summed E-state index contributed by atoms with van der Waals surface area (Å²) < 4.78 is 0. The van der Waals surface area contributed by atoms with E-state index in [2.05, 4.69) is 18.0 Å². The number of aromatic nitrogens is 1. The van der Waals surface area contributed by atoms with Crippen LogP contribution in [0.15, 0.2) is 12.3 Å². The van der Waals surface area contributed by atoms with Crippen LogP contribution < -0.4 is 0 Å². The maximum Gasteiger partial charge on any atom is 0.0752 e. The summed E-state index contributed by atoms with van der Waals surface area (Å²) in [5, 5.41) is 0.00241.